The number of aromatic nitrogens is 2. The molecule has 0 spiro atoms. The lowest BCUT2D eigenvalue weighted by Crippen LogP contribution is -2.36. The SMILES string of the molecule is CC(C)(C)SSCO[C@H]1C[C@H](n2cc(C#CCNC(=O)C(F)(F)F)c(N)nc2=O)O[C@@H]1CO. The van der Waals surface area contributed by atoms with Crippen molar-refractivity contribution in [3.63, 3.8) is 0 Å². The third-order valence-corrected chi connectivity index (χ3v) is 7.10. The van der Waals surface area contributed by atoms with Crippen molar-refractivity contribution in [2.45, 2.75) is 56.6 Å². The molecule has 1 aromatic rings. The topological polar surface area (TPSA) is 129 Å². The molecule has 1 aliphatic rings. The standard InChI is InChI=1S/C19H25F3N4O5S2/c1-18(2,3)33-32-10-30-12-7-14(31-13(12)9-27)26-8-11(15(23)25-17(26)29)5-4-6-24-16(28)19(20,21)22/h8,12-14,27H,6-7,9-10H2,1-3H3,(H,24,28)(H2,23,25,29)/t12-,13+,14+/m0/s1. The molecule has 14 heteroatoms. The summed E-state index contributed by atoms with van der Waals surface area (Å²) in [5.41, 5.74) is 5.04. The van der Waals surface area contributed by atoms with E-state index in [2.05, 4.69) is 37.6 Å². The number of nitrogen functional groups attached to an aromatic ring is 1. The van der Waals surface area contributed by atoms with Gasteiger partial charge < -0.3 is 25.6 Å². The molecule has 1 amide bonds. The third-order valence-electron chi connectivity index (χ3n) is 4.11. The Balaban J connectivity index is 2.07. The fourth-order valence-corrected chi connectivity index (χ4v) is 4.68. The number of aliphatic hydroxyl groups excluding tert-OH is 1. The quantitative estimate of drug-likeness (QED) is 0.217. The van der Waals surface area contributed by atoms with E-state index in [1.165, 1.54) is 17.0 Å². The molecule has 1 fully saturated rings. The predicted molar refractivity (Wildman–Crippen MR) is 119 cm³/mol. The van der Waals surface area contributed by atoms with Crippen LogP contribution in [0, 0.1) is 11.8 Å². The van der Waals surface area contributed by atoms with E-state index in [1.807, 2.05) is 0 Å². The number of rotatable bonds is 7. The fourth-order valence-electron chi connectivity index (χ4n) is 2.67. The number of hydrogen-bond acceptors (Lipinski definition) is 9. The number of nitrogens with zero attached hydrogens (tertiary/aromatic N) is 2. The number of halogens is 3. The number of anilines is 1. The van der Waals surface area contributed by atoms with E-state index in [0.29, 0.717) is 5.94 Å². The molecule has 0 saturated carbocycles. The fraction of sp³-hybridized carbons (Fsp3) is 0.632. The summed E-state index contributed by atoms with van der Waals surface area (Å²) < 4.78 is 49.3. The Morgan fingerprint density at radius 1 is 1.45 bits per heavy atom. The van der Waals surface area contributed by atoms with Gasteiger partial charge in [0.05, 0.1) is 24.8 Å². The Hall–Kier alpha value is -1.92. The normalized spacial score (nSPS) is 20.9. The van der Waals surface area contributed by atoms with Gasteiger partial charge in [-0.3, -0.25) is 9.36 Å². The lowest BCUT2D eigenvalue weighted by atomic mass is 10.2. The molecule has 2 heterocycles. The van der Waals surface area contributed by atoms with Gasteiger partial charge in [-0.25, -0.2) is 4.79 Å². The van der Waals surface area contributed by atoms with Gasteiger partial charge in [0.1, 0.15) is 24.1 Å². The molecule has 2 rings (SSSR count). The van der Waals surface area contributed by atoms with Crippen molar-refractivity contribution in [3.05, 3.63) is 22.2 Å². The molecule has 0 unspecified atom stereocenters. The minimum absolute atomic E-state index is 0.0507. The van der Waals surface area contributed by atoms with Crippen LogP contribution in [0.4, 0.5) is 19.0 Å². The van der Waals surface area contributed by atoms with Crippen LogP contribution in [0.15, 0.2) is 11.0 Å². The number of hydrogen-bond donors (Lipinski definition) is 3. The second kappa shape index (κ2) is 11.5. The lowest BCUT2D eigenvalue weighted by Gasteiger charge is -2.19. The molecule has 1 aliphatic heterocycles. The van der Waals surface area contributed by atoms with Crippen molar-refractivity contribution in [3.8, 4) is 11.8 Å². The molecule has 184 valence electrons. The summed E-state index contributed by atoms with van der Waals surface area (Å²) >= 11 is 0. The number of carbonyl (C=O) groups is 1. The maximum Gasteiger partial charge on any atom is 0.471 e. The van der Waals surface area contributed by atoms with Gasteiger partial charge in [0, 0.05) is 17.4 Å². The number of amides is 1. The van der Waals surface area contributed by atoms with E-state index in [0.717, 1.165) is 4.57 Å². The maximum absolute atomic E-state index is 12.3. The zero-order valence-electron chi connectivity index (χ0n) is 18.1. The smallest absolute Gasteiger partial charge is 0.394 e. The first-order valence-corrected chi connectivity index (χ1v) is 12.0. The van der Waals surface area contributed by atoms with Crippen molar-refractivity contribution < 1.29 is 32.5 Å². The first kappa shape index (κ1) is 27.3. The second-order valence-corrected chi connectivity index (χ2v) is 11.0. The highest BCUT2D eigenvalue weighted by Crippen LogP contribution is 2.37. The van der Waals surface area contributed by atoms with E-state index in [1.54, 1.807) is 16.1 Å². The lowest BCUT2D eigenvalue weighted by molar-refractivity contribution is -0.173. The summed E-state index contributed by atoms with van der Waals surface area (Å²) in [5.74, 6) is 2.83. The molecule has 1 saturated heterocycles. The van der Waals surface area contributed by atoms with E-state index in [4.69, 9.17) is 15.2 Å². The highest BCUT2D eigenvalue weighted by atomic mass is 33.1. The summed E-state index contributed by atoms with van der Waals surface area (Å²) in [7, 11) is 3.17. The van der Waals surface area contributed by atoms with E-state index >= 15 is 0 Å². The van der Waals surface area contributed by atoms with E-state index in [9.17, 15) is 27.9 Å². The van der Waals surface area contributed by atoms with Gasteiger partial charge in [-0.1, -0.05) is 54.2 Å². The van der Waals surface area contributed by atoms with Gasteiger partial charge in [-0.2, -0.15) is 18.2 Å². The van der Waals surface area contributed by atoms with Crippen LogP contribution in [-0.4, -0.2) is 62.8 Å². The van der Waals surface area contributed by atoms with Gasteiger partial charge >= 0.3 is 17.8 Å². The predicted octanol–water partition coefficient (Wildman–Crippen LogP) is 1.66. The van der Waals surface area contributed by atoms with Crippen molar-refractivity contribution in [2.75, 3.05) is 24.8 Å². The van der Waals surface area contributed by atoms with Crippen LogP contribution in [0.3, 0.4) is 0 Å². The minimum Gasteiger partial charge on any atom is -0.394 e. The molecule has 33 heavy (non-hydrogen) atoms. The van der Waals surface area contributed by atoms with E-state index in [-0.39, 0.29) is 29.2 Å². The molecule has 0 radical (unpaired) electrons. The molecule has 0 aliphatic carbocycles. The first-order valence-electron chi connectivity index (χ1n) is 9.73. The average Bonchev–Trinajstić information content (AvgIpc) is 3.11. The van der Waals surface area contributed by atoms with Crippen LogP contribution in [0.1, 0.15) is 39.0 Å². The maximum atomic E-state index is 12.3. The average molecular weight is 511 g/mol. The summed E-state index contributed by atoms with van der Waals surface area (Å²) in [6, 6.07) is 0. The van der Waals surface area contributed by atoms with Gasteiger partial charge in [0.15, 0.2) is 0 Å². The number of nitrogens with one attached hydrogen (secondary N) is 1. The third kappa shape index (κ3) is 8.42. The van der Waals surface area contributed by atoms with Crippen LogP contribution >= 0.6 is 21.6 Å². The Bertz CT molecular complexity index is 956. The number of aliphatic hydroxyl groups is 1. The second-order valence-electron chi connectivity index (χ2n) is 7.90. The van der Waals surface area contributed by atoms with Crippen LogP contribution in [0.25, 0.3) is 0 Å². The highest BCUT2D eigenvalue weighted by Gasteiger charge is 2.38. The molecule has 9 nitrogen and oxygen atoms in total. The highest BCUT2D eigenvalue weighted by molar-refractivity contribution is 8.77. The molecule has 0 bridgehead atoms. The van der Waals surface area contributed by atoms with Crippen molar-refractivity contribution in [1.29, 1.82) is 0 Å². The Labute approximate surface area is 196 Å². The first-order chi connectivity index (χ1) is 15.3. The molecule has 3 atom stereocenters. The minimum atomic E-state index is -5.01. The number of alkyl halides is 3. The van der Waals surface area contributed by atoms with Crippen molar-refractivity contribution >= 4 is 33.3 Å². The van der Waals surface area contributed by atoms with Crippen LogP contribution in [0.5, 0.6) is 0 Å². The van der Waals surface area contributed by atoms with E-state index < -0.39 is 42.8 Å². The summed E-state index contributed by atoms with van der Waals surface area (Å²) in [4.78, 5) is 26.8. The molecular formula is C19H25F3N4O5S2. The Morgan fingerprint density at radius 2 is 2.15 bits per heavy atom. The number of nitrogens with two attached hydrogens (primary N) is 1. The van der Waals surface area contributed by atoms with Crippen LogP contribution < -0.4 is 16.7 Å². The molecular weight excluding hydrogens is 485 g/mol. The van der Waals surface area contributed by atoms with Crippen molar-refractivity contribution in [1.82, 2.24) is 14.9 Å². The number of ether oxygens (including phenoxy) is 2. The summed E-state index contributed by atoms with van der Waals surface area (Å²) in [6.07, 6.45) is -5.42. The van der Waals surface area contributed by atoms with Gasteiger partial charge in [0.25, 0.3) is 0 Å². The van der Waals surface area contributed by atoms with Gasteiger partial charge in [0.2, 0.25) is 0 Å². The van der Waals surface area contributed by atoms with Gasteiger partial charge in [-0.05, 0) is 0 Å². The summed E-state index contributed by atoms with van der Waals surface area (Å²) in [6.45, 7) is 5.31. The molecule has 4 N–H and O–H groups in total. The van der Waals surface area contributed by atoms with Gasteiger partial charge in [-0.15, -0.1) is 0 Å². The zero-order chi connectivity index (χ0) is 24.8. The number of carbonyl (C=O) groups excluding carboxylic acids is 1. The van der Waals surface area contributed by atoms with Crippen molar-refractivity contribution in [2.24, 2.45) is 0 Å². The molecule has 0 aromatic carbocycles. The largest absolute Gasteiger partial charge is 0.471 e. The monoisotopic (exact) mass is 510 g/mol. The van der Waals surface area contributed by atoms with Crippen LogP contribution in [0.2, 0.25) is 0 Å². The Kier molecular flexibility index (Phi) is 9.50. The zero-order valence-corrected chi connectivity index (χ0v) is 19.8. The Morgan fingerprint density at radius 3 is 2.76 bits per heavy atom. The molecule has 1 aromatic heterocycles. The van der Waals surface area contributed by atoms with Crippen LogP contribution in [-0.2, 0) is 14.3 Å². The summed E-state index contributed by atoms with van der Waals surface area (Å²) in [5, 5.41) is 11.2.